The van der Waals surface area contributed by atoms with Gasteiger partial charge in [-0.2, -0.15) is 0 Å². The maximum absolute atomic E-state index is 11.0. The van der Waals surface area contributed by atoms with Crippen molar-refractivity contribution in [3.63, 3.8) is 0 Å². The summed E-state index contributed by atoms with van der Waals surface area (Å²) in [5.41, 5.74) is 1.98. The summed E-state index contributed by atoms with van der Waals surface area (Å²) in [5.74, 6) is -0.663. The first-order valence-electron chi connectivity index (χ1n) is 5.29. The summed E-state index contributed by atoms with van der Waals surface area (Å²) in [6, 6.07) is 12.3. The SMILES string of the molecule is COc1cc(-c2ccc(Cl)cc2)ccc1C(=O)O. The van der Waals surface area contributed by atoms with Gasteiger partial charge in [-0.05, 0) is 35.4 Å². The first-order valence-corrected chi connectivity index (χ1v) is 5.67. The number of benzene rings is 2. The number of hydrogen-bond donors (Lipinski definition) is 1. The second kappa shape index (κ2) is 5.10. The van der Waals surface area contributed by atoms with Gasteiger partial charge in [0.25, 0.3) is 0 Å². The first kappa shape index (κ1) is 12.5. The molecule has 2 aromatic rings. The highest BCUT2D eigenvalue weighted by Crippen LogP contribution is 2.28. The average molecular weight is 263 g/mol. The van der Waals surface area contributed by atoms with Crippen molar-refractivity contribution in [2.75, 3.05) is 7.11 Å². The number of methoxy groups -OCH3 is 1. The molecule has 3 nitrogen and oxygen atoms in total. The lowest BCUT2D eigenvalue weighted by Gasteiger charge is -2.08. The van der Waals surface area contributed by atoms with Crippen LogP contribution in [0.15, 0.2) is 42.5 Å². The summed E-state index contributed by atoms with van der Waals surface area (Å²) in [5, 5.41) is 9.66. The molecule has 0 saturated heterocycles. The number of carboxylic acid groups (broad SMARTS) is 1. The minimum atomic E-state index is -1.01. The van der Waals surface area contributed by atoms with Gasteiger partial charge in [0.1, 0.15) is 11.3 Å². The van der Waals surface area contributed by atoms with E-state index in [0.717, 1.165) is 11.1 Å². The van der Waals surface area contributed by atoms with Crippen LogP contribution >= 0.6 is 11.6 Å². The van der Waals surface area contributed by atoms with Crippen molar-refractivity contribution in [1.82, 2.24) is 0 Å². The Balaban J connectivity index is 2.47. The van der Waals surface area contributed by atoms with Crippen molar-refractivity contribution in [2.24, 2.45) is 0 Å². The Morgan fingerprint density at radius 1 is 1.11 bits per heavy atom. The molecular weight excluding hydrogens is 252 g/mol. The van der Waals surface area contributed by atoms with Crippen molar-refractivity contribution >= 4 is 17.6 Å². The molecule has 0 radical (unpaired) electrons. The number of rotatable bonds is 3. The molecule has 0 aliphatic heterocycles. The quantitative estimate of drug-likeness (QED) is 0.917. The Morgan fingerprint density at radius 3 is 2.28 bits per heavy atom. The molecule has 0 spiro atoms. The predicted octanol–water partition coefficient (Wildman–Crippen LogP) is 3.71. The third-order valence-corrected chi connectivity index (χ3v) is 2.86. The van der Waals surface area contributed by atoms with Crippen LogP contribution in [0.2, 0.25) is 5.02 Å². The van der Waals surface area contributed by atoms with Crippen molar-refractivity contribution in [2.45, 2.75) is 0 Å². The van der Waals surface area contributed by atoms with Crippen LogP contribution in [0.1, 0.15) is 10.4 Å². The van der Waals surface area contributed by atoms with E-state index in [0.29, 0.717) is 10.8 Å². The third-order valence-electron chi connectivity index (χ3n) is 2.61. The fraction of sp³-hybridized carbons (Fsp3) is 0.0714. The topological polar surface area (TPSA) is 46.5 Å². The Labute approximate surface area is 110 Å². The van der Waals surface area contributed by atoms with Crippen LogP contribution in [-0.2, 0) is 0 Å². The second-order valence-electron chi connectivity index (χ2n) is 3.73. The Hall–Kier alpha value is -2.00. The minimum Gasteiger partial charge on any atom is -0.496 e. The lowest BCUT2D eigenvalue weighted by atomic mass is 10.0. The number of ether oxygens (including phenoxy) is 1. The first-order chi connectivity index (χ1) is 8.61. The van der Waals surface area contributed by atoms with Crippen molar-refractivity contribution in [1.29, 1.82) is 0 Å². The highest BCUT2D eigenvalue weighted by atomic mass is 35.5. The molecule has 92 valence electrons. The molecule has 0 atom stereocenters. The highest BCUT2D eigenvalue weighted by molar-refractivity contribution is 6.30. The smallest absolute Gasteiger partial charge is 0.339 e. The number of hydrogen-bond acceptors (Lipinski definition) is 2. The van der Waals surface area contributed by atoms with Crippen molar-refractivity contribution in [3.05, 3.63) is 53.1 Å². The molecule has 0 amide bonds. The normalized spacial score (nSPS) is 10.1. The van der Waals surface area contributed by atoms with E-state index < -0.39 is 5.97 Å². The highest BCUT2D eigenvalue weighted by Gasteiger charge is 2.11. The Kier molecular flexibility index (Phi) is 3.53. The molecule has 0 heterocycles. The fourth-order valence-corrected chi connectivity index (χ4v) is 1.82. The van der Waals surface area contributed by atoms with E-state index in [1.54, 1.807) is 24.3 Å². The van der Waals surface area contributed by atoms with Gasteiger partial charge in [0.05, 0.1) is 7.11 Å². The van der Waals surface area contributed by atoms with Gasteiger partial charge in [0.2, 0.25) is 0 Å². The zero-order chi connectivity index (χ0) is 13.1. The lowest BCUT2D eigenvalue weighted by molar-refractivity contribution is 0.0693. The minimum absolute atomic E-state index is 0.148. The van der Waals surface area contributed by atoms with Crippen molar-refractivity contribution < 1.29 is 14.6 Å². The molecule has 2 aromatic carbocycles. The van der Waals surface area contributed by atoms with Crippen LogP contribution in [0.5, 0.6) is 5.75 Å². The molecule has 0 fully saturated rings. The summed E-state index contributed by atoms with van der Waals surface area (Å²) in [4.78, 5) is 11.0. The molecule has 0 saturated carbocycles. The van der Waals surface area contributed by atoms with E-state index in [9.17, 15) is 4.79 Å². The van der Waals surface area contributed by atoms with Gasteiger partial charge in [-0.1, -0.05) is 29.8 Å². The Morgan fingerprint density at radius 2 is 1.72 bits per heavy atom. The van der Waals surface area contributed by atoms with E-state index in [1.807, 2.05) is 12.1 Å². The molecule has 4 heteroatoms. The molecule has 0 aliphatic rings. The molecule has 2 rings (SSSR count). The van der Waals surface area contributed by atoms with E-state index in [1.165, 1.54) is 13.2 Å². The molecule has 0 aliphatic carbocycles. The fourth-order valence-electron chi connectivity index (χ4n) is 1.69. The third kappa shape index (κ3) is 2.46. The van der Waals surface area contributed by atoms with Crippen LogP contribution in [0.4, 0.5) is 0 Å². The second-order valence-corrected chi connectivity index (χ2v) is 4.16. The van der Waals surface area contributed by atoms with E-state index in [-0.39, 0.29) is 5.56 Å². The van der Waals surface area contributed by atoms with Gasteiger partial charge >= 0.3 is 5.97 Å². The molecule has 0 bridgehead atoms. The molecule has 18 heavy (non-hydrogen) atoms. The summed E-state index contributed by atoms with van der Waals surface area (Å²) < 4.78 is 5.09. The van der Waals surface area contributed by atoms with E-state index >= 15 is 0 Å². The maximum Gasteiger partial charge on any atom is 0.339 e. The Bertz CT molecular complexity index is 576. The zero-order valence-electron chi connectivity index (χ0n) is 9.68. The summed E-state index contributed by atoms with van der Waals surface area (Å²) >= 11 is 5.82. The van der Waals surface area contributed by atoms with E-state index in [2.05, 4.69) is 0 Å². The standard InChI is InChI=1S/C14H11ClO3/c1-18-13-8-10(4-7-12(13)14(16)17)9-2-5-11(15)6-3-9/h2-8H,1H3,(H,16,17). The molecule has 1 N–H and O–H groups in total. The van der Waals surface area contributed by atoms with Gasteiger partial charge in [0.15, 0.2) is 0 Å². The van der Waals surface area contributed by atoms with Crippen LogP contribution in [0.25, 0.3) is 11.1 Å². The van der Waals surface area contributed by atoms with Gasteiger partial charge in [0, 0.05) is 5.02 Å². The van der Waals surface area contributed by atoms with E-state index in [4.69, 9.17) is 21.4 Å². The maximum atomic E-state index is 11.0. The number of aromatic carboxylic acids is 1. The van der Waals surface area contributed by atoms with Crippen LogP contribution in [0, 0.1) is 0 Å². The monoisotopic (exact) mass is 262 g/mol. The van der Waals surface area contributed by atoms with Gasteiger partial charge in [-0.25, -0.2) is 4.79 Å². The van der Waals surface area contributed by atoms with Crippen LogP contribution < -0.4 is 4.74 Å². The summed E-state index contributed by atoms with van der Waals surface area (Å²) in [7, 11) is 1.45. The molecular formula is C14H11ClO3. The van der Waals surface area contributed by atoms with Crippen LogP contribution in [-0.4, -0.2) is 18.2 Å². The largest absolute Gasteiger partial charge is 0.496 e. The zero-order valence-corrected chi connectivity index (χ0v) is 10.4. The van der Waals surface area contributed by atoms with Gasteiger partial charge < -0.3 is 9.84 Å². The van der Waals surface area contributed by atoms with Crippen molar-refractivity contribution in [3.8, 4) is 16.9 Å². The van der Waals surface area contributed by atoms with Crippen LogP contribution in [0.3, 0.4) is 0 Å². The number of carboxylic acids is 1. The number of carbonyl (C=O) groups is 1. The summed E-state index contributed by atoms with van der Waals surface area (Å²) in [6.07, 6.45) is 0. The van der Waals surface area contributed by atoms with Gasteiger partial charge in [-0.3, -0.25) is 0 Å². The molecule has 0 unspecified atom stereocenters. The van der Waals surface area contributed by atoms with Gasteiger partial charge in [-0.15, -0.1) is 0 Å². The summed E-state index contributed by atoms with van der Waals surface area (Å²) in [6.45, 7) is 0. The lowest BCUT2D eigenvalue weighted by Crippen LogP contribution is -2.00. The molecule has 0 aromatic heterocycles. The predicted molar refractivity (Wildman–Crippen MR) is 70.4 cm³/mol. The average Bonchev–Trinajstić information content (AvgIpc) is 2.38. The number of halogens is 1.